The molecule has 4 heteroatoms. The molecule has 1 unspecified atom stereocenters. The van der Waals surface area contributed by atoms with Gasteiger partial charge in [-0.2, -0.15) is 0 Å². The first kappa shape index (κ1) is 16.5. The number of anilines is 1. The van der Waals surface area contributed by atoms with Crippen molar-refractivity contribution in [2.75, 3.05) is 18.0 Å². The number of rotatable bonds is 6. The van der Waals surface area contributed by atoms with Gasteiger partial charge in [0.05, 0.1) is 10.6 Å². The van der Waals surface area contributed by atoms with E-state index >= 15 is 0 Å². The fourth-order valence-corrected chi connectivity index (χ4v) is 4.28. The molecule has 2 heterocycles. The highest BCUT2D eigenvalue weighted by molar-refractivity contribution is 7.17. The Hall–Kier alpha value is -0.900. The van der Waals surface area contributed by atoms with E-state index in [1.807, 2.05) is 0 Å². The molecule has 1 aliphatic rings. The first-order valence-electron chi connectivity index (χ1n) is 8.30. The molecule has 0 N–H and O–H groups in total. The zero-order valence-electron chi connectivity index (χ0n) is 13.8. The van der Waals surface area contributed by atoms with Gasteiger partial charge in [0.25, 0.3) is 0 Å². The normalized spacial score (nSPS) is 19.5. The highest BCUT2D eigenvalue weighted by Gasteiger charge is 2.32. The van der Waals surface area contributed by atoms with Crippen molar-refractivity contribution in [3.05, 3.63) is 10.6 Å². The van der Waals surface area contributed by atoms with Gasteiger partial charge < -0.3 is 4.90 Å². The Morgan fingerprint density at radius 1 is 1.29 bits per heavy atom. The first-order valence-corrected chi connectivity index (χ1v) is 9.11. The van der Waals surface area contributed by atoms with Gasteiger partial charge in [-0.3, -0.25) is 4.79 Å². The second-order valence-corrected chi connectivity index (χ2v) is 7.38. The van der Waals surface area contributed by atoms with Gasteiger partial charge in [-0.15, -0.1) is 0 Å². The van der Waals surface area contributed by atoms with E-state index in [1.165, 1.54) is 25.7 Å². The van der Waals surface area contributed by atoms with Crippen molar-refractivity contribution in [2.45, 2.75) is 65.7 Å². The molecule has 1 aromatic rings. The second-order valence-electron chi connectivity index (χ2n) is 6.37. The summed E-state index contributed by atoms with van der Waals surface area (Å²) in [5, 5.41) is 1.05. The van der Waals surface area contributed by atoms with E-state index < -0.39 is 0 Å². The molecular weight excluding hydrogens is 280 g/mol. The average Bonchev–Trinajstić information content (AvgIpc) is 2.98. The van der Waals surface area contributed by atoms with Crippen molar-refractivity contribution in [3.8, 4) is 0 Å². The molecule has 0 spiro atoms. The molecule has 0 aliphatic carbocycles. The number of aldehydes is 1. The fraction of sp³-hybridized carbons (Fsp3) is 0.765. The Morgan fingerprint density at radius 3 is 2.38 bits per heavy atom. The van der Waals surface area contributed by atoms with Crippen LogP contribution in [0.2, 0.25) is 0 Å². The van der Waals surface area contributed by atoms with Crippen LogP contribution in [0.15, 0.2) is 0 Å². The van der Waals surface area contributed by atoms with Gasteiger partial charge in [0, 0.05) is 13.1 Å². The van der Waals surface area contributed by atoms with Crippen LogP contribution in [0.25, 0.3) is 0 Å². The van der Waals surface area contributed by atoms with E-state index in [-0.39, 0.29) is 0 Å². The molecule has 21 heavy (non-hydrogen) atoms. The highest BCUT2D eigenvalue weighted by Crippen LogP contribution is 2.40. The average molecular weight is 308 g/mol. The van der Waals surface area contributed by atoms with E-state index in [0.29, 0.717) is 11.3 Å². The summed E-state index contributed by atoms with van der Waals surface area (Å²) in [7, 11) is 0. The molecule has 0 bridgehead atoms. The van der Waals surface area contributed by atoms with Crippen LogP contribution in [0.1, 0.15) is 81.1 Å². The van der Waals surface area contributed by atoms with Crippen molar-refractivity contribution in [3.63, 3.8) is 0 Å². The lowest BCUT2D eigenvalue weighted by Crippen LogP contribution is -2.39. The lowest BCUT2D eigenvalue weighted by molar-refractivity contribution is 0.112. The molecule has 0 radical (unpaired) electrons. The zero-order chi connectivity index (χ0) is 15.5. The predicted molar refractivity (Wildman–Crippen MR) is 90.7 cm³/mol. The Labute approximate surface area is 132 Å². The number of hydrogen-bond donors (Lipinski definition) is 0. The van der Waals surface area contributed by atoms with Gasteiger partial charge in [0.2, 0.25) is 0 Å². The van der Waals surface area contributed by atoms with Crippen molar-refractivity contribution in [2.24, 2.45) is 5.41 Å². The molecule has 1 aromatic heterocycles. The van der Waals surface area contributed by atoms with Gasteiger partial charge >= 0.3 is 0 Å². The molecule has 0 amide bonds. The number of nitrogens with zero attached hydrogens (tertiary/aromatic N) is 2. The fourth-order valence-electron chi connectivity index (χ4n) is 3.23. The van der Waals surface area contributed by atoms with Crippen LogP contribution in [0.3, 0.4) is 0 Å². The van der Waals surface area contributed by atoms with E-state index in [0.717, 1.165) is 41.5 Å². The van der Waals surface area contributed by atoms with Crippen molar-refractivity contribution in [1.29, 1.82) is 0 Å². The minimum absolute atomic E-state index is 0.366. The molecule has 1 fully saturated rings. The maximum Gasteiger partial charge on any atom is 0.186 e. The molecule has 2 rings (SSSR count). The van der Waals surface area contributed by atoms with Crippen LogP contribution in [0.5, 0.6) is 0 Å². The summed E-state index contributed by atoms with van der Waals surface area (Å²) in [6, 6.07) is 0. The standard InChI is InChI=1S/C17H28N2OS/c1-5-13(4)15-14(12-20)21-16(18-15)19-10-8-17(6-2,7-3)9-11-19/h12-13H,5-11H2,1-4H3. The summed E-state index contributed by atoms with van der Waals surface area (Å²) in [4.78, 5) is 19.3. The summed E-state index contributed by atoms with van der Waals surface area (Å²) in [6.45, 7) is 11.1. The van der Waals surface area contributed by atoms with Crippen LogP contribution in [0, 0.1) is 5.41 Å². The lowest BCUT2D eigenvalue weighted by atomic mass is 9.74. The zero-order valence-corrected chi connectivity index (χ0v) is 14.6. The topological polar surface area (TPSA) is 33.2 Å². The second kappa shape index (κ2) is 6.91. The third-order valence-electron chi connectivity index (χ3n) is 5.45. The summed E-state index contributed by atoms with van der Waals surface area (Å²) in [6.07, 6.45) is 7.04. The van der Waals surface area contributed by atoms with Gasteiger partial charge in [0.15, 0.2) is 11.4 Å². The molecule has 118 valence electrons. The summed E-state index contributed by atoms with van der Waals surface area (Å²) in [5.74, 6) is 0.366. The number of carbonyl (C=O) groups is 1. The molecular formula is C17H28N2OS. The van der Waals surface area contributed by atoms with Crippen LogP contribution >= 0.6 is 11.3 Å². The maximum absolute atomic E-state index is 11.3. The Kier molecular flexibility index (Phi) is 5.42. The number of carbonyl (C=O) groups excluding carboxylic acids is 1. The molecule has 0 aromatic carbocycles. The van der Waals surface area contributed by atoms with E-state index in [4.69, 9.17) is 4.98 Å². The number of piperidine rings is 1. The SMILES string of the molecule is CCC(C)c1nc(N2CCC(CC)(CC)CC2)sc1C=O. The molecule has 1 aliphatic heterocycles. The van der Waals surface area contributed by atoms with Gasteiger partial charge in [0.1, 0.15) is 0 Å². The summed E-state index contributed by atoms with van der Waals surface area (Å²) >= 11 is 1.57. The van der Waals surface area contributed by atoms with E-state index in [9.17, 15) is 4.79 Å². The molecule has 3 nitrogen and oxygen atoms in total. The van der Waals surface area contributed by atoms with Crippen molar-refractivity contribution >= 4 is 22.8 Å². The highest BCUT2D eigenvalue weighted by atomic mass is 32.1. The third kappa shape index (κ3) is 3.31. The minimum atomic E-state index is 0.366. The summed E-state index contributed by atoms with van der Waals surface area (Å²) in [5.41, 5.74) is 1.52. The molecule has 1 atom stereocenters. The van der Waals surface area contributed by atoms with Gasteiger partial charge in [-0.1, -0.05) is 51.9 Å². The maximum atomic E-state index is 11.3. The Morgan fingerprint density at radius 2 is 1.90 bits per heavy atom. The lowest BCUT2D eigenvalue weighted by Gasteiger charge is -2.41. The Bertz CT molecular complexity index is 469. The van der Waals surface area contributed by atoms with Crippen LogP contribution in [0.4, 0.5) is 5.13 Å². The van der Waals surface area contributed by atoms with Gasteiger partial charge in [-0.25, -0.2) is 4.98 Å². The van der Waals surface area contributed by atoms with Gasteiger partial charge in [-0.05, 0) is 30.6 Å². The molecule has 1 saturated heterocycles. The summed E-state index contributed by atoms with van der Waals surface area (Å²) < 4.78 is 0. The number of aromatic nitrogens is 1. The largest absolute Gasteiger partial charge is 0.348 e. The monoisotopic (exact) mass is 308 g/mol. The van der Waals surface area contributed by atoms with Crippen LogP contribution in [-0.2, 0) is 0 Å². The van der Waals surface area contributed by atoms with Crippen molar-refractivity contribution in [1.82, 2.24) is 4.98 Å². The quantitative estimate of drug-likeness (QED) is 0.702. The third-order valence-corrected chi connectivity index (χ3v) is 6.51. The van der Waals surface area contributed by atoms with E-state index in [2.05, 4.69) is 32.6 Å². The number of hydrogen-bond acceptors (Lipinski definition) is 4. The Balaban J connectivity index is 2.14. The van der Waals surface area contributed by atoms with Crippen molar-refractivity contribution < 1.29 is 4.79 Å². The predicted octanol–water partition coefficient (Wildman–Crippen LogP) is 4.88. The number of thiazole rings is 1. The first-order chi connectivity index (χ1) is 10.1. The van der Waals surface area contributed by atoms with Crippen LogP contribution in [-0.4, -0.2) is 24.4 Å². The van der Waals surface area contributed by atoms with E-state index in [1.54, 1.807) is 11.3 Å². The smallest absolute Gasteiger partial charge is 0.186 e. The molecule has 0 saturated carbocycles. The minimum Gasteiger partial charge on any atom is -0.348 e. The van der Waals surface area contributed by atoms with Crippen LogP contribution < -0.4 is 4.90 Å².